The van der Waals surface area contributed by atoms with Crippen LogP contribution in [-0.4, -0.2) is 31.0 Å². The number of methoxy groups -OCH3 is 1. The van der Waals surface area contributed by atoms with Crippen LogP contribution in [0.3, 0.4) is 0 Å². The molecule has 0 spiro atoms. The van der Waals surface area contributed by atoms with Gasteiger partial charge in [-0.25, -0.2) is 0 Å². The molecule has 20 heavy (non-hydrogen) atoms. The Morgan fingerprint density at radius 1 is 1.35 bits per heavy atom. The number of carbonyl (C=O) groups excluding carboxylic acids is 1. The number of ether oxygens (including phenoxy) is 1. The molecule has 2 rings (SSSR count). The summed E-state index contributed by atoms with van der Waals surface area (Å²) < 4.78 is 5.49. The minimum atomic E-state index is 0.237. The topological polar surface area (TPSA) is 29.5 Å². The van der Waals surface area contributed by atoms with E-state index in [2.05, 4.69) is 26.0 Å². The Labute approximate surface area is 121 Å². The molecule has 1 aliphatic heterocycles. The first-order valence-corrected chi connectivity index (χ1v) is 7.60. The maximum atomic E-state index is 12.2. The van der Waals surface area contributed by atoms with E-state index in [0.717, 1.165) is 43.7 Å². The second-order valence-corrected chi connectivity index (χ2v) is 5.65. The average Bonchev–Trinajstić information content (AvgIpc) is 3.00. The van der Waals surface area contributed by atoms with Crippen molar-refractivity contribution >= 4 is 5.91 Å². The van der Waals surface area contributed by atoms with E-state index in [0.29, 0.717) is 12.3 Å². The van der Waals surface area contributed by atoms with E-state index < -0.39 is 0 Å². The first-order valence-electron chi connectivity index (χ1n) is 7.60. The lowest BCUT2D eigenvalue weighted by Crippen LogP contribution is -2.29. The molecule has 1 amide bonds. The number of carbonyl (C=O) groups is 1. The Balaban J connectivity index is 2.10. The molecular weight excluding hydrogens is 250 g/mol. The summed E-state index contributed by atoms with van der Waals surface area (Å²) in [7, 11) is 1.70. The van der Waals surface area contributed by atoms with Crippen LogP contribution in [0.5, 0.6) is 5.75 Å². The summed E-state index contributed by atoms with van der Waals surface area (Å²) in [5.41, 5.74) is 2.28. The molecule has 1 aromatic rings. The summed E-state index contributed by atoms with van der Waals surface area (Å²) in [5, 5.41) is 0. The lowest BCUT2D eigenvalue weighted by atomic mass is 9.95. The zero-order valence-corrected chi connectivity index (χ0v) is 12.8. The zero-order valence-electron chi connectivity index (χ0n) is 12.8. The molecule has 0 aliphatic carbocycles. The molecule has 1 saturated heterocycles. The highest BCUT2D eigenvalue weighted by Gasteiger charge is 2.19. The van der Waals surface area contributed by atoms with E-state index >= 15 is 0 Å². The Kier molecular flexibility index (Phi) is 5.05. The highest BCUT2D eigenvalue weighted by Crippen LogP contribution is 2.29. The van der Waals surface area contributed by atoms with Gasteiger partial charge in [-0.15, -0.1) is 0 Å². The van der Waals surface area contributed by atoms with Crippen LogP contribution in [0, 0.1) is 0 Å². The SMILES string of the molecule is CCC(C)c1ccc(CC(=O)N2CCCC2)cc1OC. The Morgan fingerprint density at radius 3 is 2.65 bits per heavy atom. The Bertz CT molecular complexity index is 464. The molecule has 3 nitrogen and oxygen atoms in total. The van der Waals surface area contributed by atoms with Gasteiger partial charge in [-0.05, 0) is 42.4 Å². The lowest BCUT2D eigenvalue weighted by molar-refractivity contribution is -0.129. The molecule has 3 heteroatoms. The molecule has 110 valence electrons. The van der Waals surface area contributed by atoms with Crippen LogP contribution in [0.15, 0.2) is 18.2 Å². The number of hydrogen-bond acceptors (Lipinski definition) is 2. The van der Waals surface area contributed by atoms with E-state index in [1.165, 1.54) is 5.56 Å². The van der Waals surface area contributed by atoms with Crippen molar-refractivity contribution in [2.75, 3.05) is 20.2 Å². The van der Waals surface area contributed by atoms with Crippen molar-refractivity contribution in [2.45, 2.75) is 45.4 Å². The van der Waals surface area contributed by atoms with Crippen molar-refractivity contribution in [3.63, 3.8) is 0 Å². The fraction of sp³-hybridized carbons (Fsp3) is 0.588. The van der Waals surface area contributed by atoms with E-state index in [9.17, 15) is 4.79 Å². The van der Waals surface area contributed by atoms with Gasteiger partial charge in [0.05, 0.1) is 13.5 Å². The van der Waals surface area contributed by atoms with Gasteiger partial charge in [-0.3, -0.25) is 4.79 Å². The van der Waals surface area contributed by atoms with Crippen molar-refractivity contribution in [3.8, 4) is 5.75 Å². The van der Waals surface area contributed by atoms with Crippen LogP contribution in [0.2, 0.25) is 0 Å². The van der Waals surface area contributed by atoms with Crippen LogP contribution in [0.4, 0.5) is 0 Å². The first-order chi connectivity index (χ1) is 9.65. The van der Waals surface area contributed by atoms with Gasteiger partial charge in [0.2, 0.25) is 5.91 Å². The zero-order chi connectivity index (χ0) is 14.5. The smallest absolute Gasteiger partial charge is 0.226 e. The third kappa shape index (κ3) is 3.33. The maximum Gasteiger partial charge on any atom is 0.226 e. The fourth-order valence-corrected chi connectivity index (χ4v) is 2.75. The van der Waals surface area contributed by atoms with E-state index in [4.69, 9.17) is 4.74 Å². The summed E-state index contributed by atoms with van der Waals surface area (Å²) in [5.74, 6) is 1.63. The molecule has 0 aromatic heterocycles. The van der Waals surface area contributed by atoms with Crippen LogP contribution < -0.4 is 4.74 Å². The standard InChI is InChI=1S/C17H25NO2/c1-4-13(2)15-8-7-14(11-16(15)20-3)12-17(19)18-9-5-6-10-18/h7-8,11,13H,4-6,9-10,12H2,1-3H3. The minimum Gasteiger partial charge on any atom is -0.496 e. The average molecular weight is 275 g/mol. The molecule has 0 radical (unpaired) electrons. The summed E-state index contributed by atoms with van der Waals surface area (Å²) >= 11 is 0. The summed E-state index contributed by atoms with van der Waals surface area (Å²) in [6.07, 6.45) is 3.85. The predicted octanol–water partition coefficient (Wildman–Crippen LogP) is 3.37. The van der Waals surface area contributed by atoms with Crippen molar-refractivity contribution in [2.24, 2.45) is 0 Å². The van der Waals surface area contributed by atoms with Crippen molar-refractivity contribution < 1.29 is 9.53 Å². The molecular formula is C17H25NO2. The fourth-order valence-electron chi connectivity index (χ4n) is 2.75. The number of likely N-dealkylation sites (tertiary alicyclic amines) is 1. The van der Waals surface area contributed by atoms with Gasteiger partial charge in [-0.2, -0.15) is 0 Å². The van der Waals surface area contributed by atoms with Crippen LogP contribution in [0.1, 0.15) is 50.2 Å². The van der Waals surface area contributed by atoms with Gasteiger partial charge in [0, 0.05) is 13.1 Å². The predicted molar refractivity (Wildman–Crippen MR) is 81.2 cm³/mol. The van der Waals surface area contributed by atoms with Gasteiger partial charge in [0.15, 0.2) is 0 Å². The van der Waals surface area contributed by atoms with Crippen molar-refractivity contribution in [3.05, 3.63) is 29.3 Å². The summed E-state index contributed by atoms with van der Waals surface area (Å²) in [4.78, 5) is 14.1. The largest absolute Gasteiger partial charge is 0.496 e. The second kappa shape index (κ2) is 6.78. The molecule has 0 saturated carbocycles. The highest BCUT2D eigenvalue weighted by atomic mass is 16.5. The number of amides is 1. The van der Waals surface area contributed by atoms with Crippen LogP contribution >= 0.6 is 0 Å². The molecule has 1 aromatic carbocycles. The molecule has 0 bridgehead atoms. The molecule has 0 N–H and O–H groups in total. The maximum absolute atomic E-state index is 12.2. The van der Waals surface area contributed by atoms with E-state index in [1.54, 1.807) is 7.11 Å². The van der Waals surface area contributed by atoms with Gasteiger partial charge in [0.25, 0.3) is 0 Å². The van der Waals surface area contributed by atoms with Crippen LogP contribution in [-0.2, 0) is 11.2 Å². The third-order valence-electron chi connectivity index (χ3n) is 4.26. The summed E-state index contributed by atoms with van der Waals surface area (Å²) in [6.45, 7) is 6.21. The minimum absolute atomic E-state index is 0.237. The molecule has 1 heterocycles. The third-order valence-corrected chi connectivity index (χ3v) is 4.26. The molecule has 1 fully saturated rings. The molecule has 1 aliphatic rings. The quantitative estimate of drug-likeness (QED) is 0.824. The lowest BCUT2D eigenvalue weighted by Gasteiger charge is -2.17. The van der Waals surface area contributed by atoms with E-state index in [1.807, 2.05) is 11.0 Å². The first kappa shape index (κ1) is 14.9. The second-order valence-electron chi connectivity index (χ2n) is 5.65. The number of nitrogens with zero attached hydrogens (tertiary/aromatic N) is 1. The van der Waals surface area contributed by atoms with Gasteiger partial charge in [0.1, 0.15) is 5.75 Å². The Morgan fingerprint density at radius 2 is 2.05 bits per heavy atom. The van der Waals surface area contributed by atoms with Crippen molar-refractivity contribution in [1.29, 1.82) is 0 Å². The molecule has 1 atom stereocenters. The van der Waals surface area contributed by atoms with Gasteiger partial charge >= 0.3 is 0 Å². The normalized spacial score (nSPS) is 16.2. The van der Waals surface area contributed by atoms with Crippen molar-refractivity contribution in [1.82, 2.24) is 4.90 Å². The monoisotopic (exact) mass is 275 g/mol. The molecule has 1 unspecified atom stereocenters. The number of rotatable bonds is 5. The number of benzene rings is 1. The van der Waals surface area contributed by atoms with Crippen LogP contribution in [0.25, 0.3) is 0 Å². The Hall–Kier alpha value is -1.51. The van der Waals surface area contributed by atoms with Gasteiger partial charge in [-0.1, -0.05) is 26.0 Å². The number of hydrogen-bond donors (Lipinski definition) is 0. The van der Waals surface area contributed by atoms with E-state index in [-0.39, 0.29) is 5.91 Å². The highest BCUT2D eigenvalue weighted by molar-refractivity contribution is 5.79. The summed E-state index contributed by atoms with van der Waals surface area (Å²) in [6, 6.07) is 6.20. The van der Waals surface area contributed by atoms with Gasteiger partial charge < -0.3 is 9.64 Å².